The monoisotopic (exact) mass is 371 g/mol. The van der Waals surface area contributed by atoms with E-state index >= 15 is 0 Å². The lowest BCUT2D eigenvalue weighted by molar-refractivity contribution is -0.137. The van der Waals surface area contributed by atoms with Gasteiger partial charge in [0, 0.05) is 24.3 Å². The standard InChI is InChI=1S/C13H13ClF3NO4S/c1-23(19,20)22-12-6-8(13(15,16)17)2-3-10(12)11-7-9(4-5-14)18-21-11/h2-3,6,11H,4-5,7H2,1H3. The molecule has 1 aromatic rings. The van der Waals surface area contributed by atoms with Crippen molar-refractivity contribution in [3.8, 4) is 5.75 Å². The van der Waals surface area contributed by atoms with Crippen molar-refractivity contribution in [2.45, 2.75) is 25.1 Å². The number of rotatable bonds is 5. The topological polar surface area (TPSA) is 65.0 Å². The van der Waals surface area contributed by atoms with Crippen molar-refractivity contribution in [1.29, 1.82) is 0 Å². The number of hydrogen-bond donors (Lipinski definition) is 0. The average Bonchev–Trinajstić information content (AvgIpc) is 2.84. The fourth-order valence-corrected chi connectivity index (χ4v) is 2.75. The van der Waals surface area contributed by atoms with Crippen LogP contribution in [0.3, 0.4) is 0 Å². The van der Waals surface area contributed by atoms with E-state index in [1.54, 1.807) is 0 Å². The van der Waals surface area contributed by atoms with Crippen LogP contribution in [0.1, 0.15) is 30.1 Å². The maximum absolute atomic E-state index is 12.8. The predicted molar refractivity (Wildman–Crippen MR) is 78.1 cm³/mol. The molecule has 128 valence electrons. The zero-order chi connectivity index (χ0) is 17.3. The van der Waals surface area contributed by atoms with Crippen LogP contribution in [-0.4, -0.2) is 26.3 Å². The summed E-state index contributed by atoms with van der Waals surface area (Å²) in [6.07, 6.45) is -3.81. The molecular weight excluding hydrogens is 359 g/mol. The largest absolute Gasteiger partial charge is 0.416 e. The van der Waals surface area contributed by atoms with Crippen LogP contribution < -0.4 is 4.18 Å². The SMILES string of the molecule is CS(=O)(=O)Oc1cc(C(F)(F)F)ccc1C1CC(CCCl)=NO1. The van der Waals surface area contributed by atoms with Crippen molar-refractivity contribution in [3.63, 3.8) is 0 Å². The third-order valence-corrected chi connectivity index (χ3v) is 3.71. The zero-order valence-corrected chi connectivity index (χ0v) is 13.5. The van der Waals surface area contributed by atoms with E-state index in [2.05, 4.69) is 5.16 Å². The third-order valence-electron chi connectivity index (χ3n) is 3.04. The normalized spacial score (nSPS) is 18.5. The number of benzene rings is 1. The molecule has 0 bridgehead atoms. The van der Waals surface area contributed by atoms with Crippen molar-refractivity contribution in [2.24, 2.45) is 5.16 Å². The molecule has 0 radical (unpaired) electrons. The highest BCUT2D eigenvalue weighted by atomic mass is 35.5. The van der Waals surface area contributed by atoms with Gasteiger partial charge >= 0.3 is 16.3 Å². The van der Waals surface area contributed by atoms with Gasteiger partial charge in [0.05, 0.1) is 17.5 Å². The van der Waals surface area contributed by atoms with Crippen LogP contribution in [0.4, 0.5) is 13.2 Å². The molecule has 0 fully saturated rings. The third kappa shape index (κ3) is 4.74. The van der Waals surface area contributed by atoms with Crippen LogP contribution in [0.2, 0.25) is 0 Å². The molecule has 1 unspecified atom stereocenters. The maximum Gasteiger partial charge on any atom is 0.416 e. The predicted octanol–water partition coefficient (Wildman–Crippen LogP) is 3.49. The molecule has 1 heterocycles. The molecule has 0 N–H and O–H groups in total. The molecule has 5 nitrogen and oxygen atoms in total. The van der Waals surface area contributed by atoms with Crippen molar-refractivity contribution in [3.05, 3.63) is 29.3 Å². The van der Waals surface area contributed by atoms with E-state index < -0.39 is 33.7 Å². The Morgan fingerprint density at radius 1 is 1.43 bits per heavy atom. The first-order valence-electron chi connectivity index (χ1n) is 6.48. The van der Waals surface area contributed by atoms with E-state index in [0.717, 1.165) is 18.4 Å². The Hall–Kier alpha value is -1.48. The number of halogens is 4. The van der Waals surface area contributed by atoms with Crippen LogP contribution in [0.15, 0.2) is 23.4 Å². The first-order chi connectivity index (χ1) is 10.6. The average molecular weight is 372 g/mol. The van der Waals surface area contributed by atoms with Crippen LogP contribution in [0.5, 0.6) is 5.75 Å². The summed E-state index contributed by atoms with van der Waals surface area (Å²) >= 11 is 5.60. The zero-order valence-electron chi connectivity index (χ0n) is 11.9. The minimum atomic E-state index is -4.62. The fourth-order valence-electron chi connectivity index (χ4n) is 2.06. The second-order valence-corrected chi connectivity index (χ2v) is 6.89. The lowest BCUT2D eigenvalue weighted by atomic mass is 10.0. The Labute approximate surface area is 136 Å². The van der Waals surface area contributed by atoms with Gasteiger partial charge < -0.3 is 9.02 Å². The molecule has 0 amide bonds. The highest BCUT2D eigenvalue weighted by Gasteiger charge is 2.34. The number of oxime groups is 1. The van der Waals surface area contributed by atoms with Gasteiger partial charge in [-0.3, -0.25) is 0 Å². The van der Waals surface area contributed by atoms with Gasteiger partial charge in [0.2, 0.25) is 0 Å². The van der Waals surface area contributed by atoms with Crippen LogP contribution in [-0.2, 0) is 21.1 Å². The minimum Gasteiger partial charge on any atom is -0.387 e. The van der Waals surface area contributed by atoms with E-state index in [1.165, 1.54) is 0 Å². The number of hydrogen-bond acceptors (Lipinski definition) is 5. The molecular formula is C13H13ClF3NO4S. The van der Waals surface area contributed by atoms with Crippen molar-refractivity contribution >= 4 is 27.4 Å². The molecule has 0 saturated carbocycles. The highest BCUT2D eigenvalue weighted by molar-refractivity contribution is 7.86. The Balaban J connectivity index is 2.35. The summed E-state index contributed by atoms with van der Waals surface area (Å²) in [6, 6.07) is 2.61. The quantitative estimate of drug-likeness (QED) is 0.587. The van der Waals surface area contributed by atoms with Gasteiger partial charge in [0.15, 0.2) is 6.10 Å². The Morgan fingerprint density at radius 2 is 2.13 bits per heavy atom. The van der Waals surface area contributed by atoms with Gasteiger partial charge in [0.25, 0.3) is 0 Å². The fraction of sp³-hybridized carbons (Fsp3) is 0.462. The molecule has 23 heavy (non-hydrogen) atoms. The first-order valence-corrected chi connectivity index (χ1v) is 8.83. The summed E-state index contributed by atoms with van der Waals surface area (Å²) < 4.78 is 65.7. The van der Waals surface area contributed by atoms with Crippen LogP contribution in [0, 0.1) is 0 Å². The second kappa shape index (κ2) is 6.56. The van der Waals surface area contributed by atoms with Crippen LogP contribution in [0.25, 0.3) is 0 Å². The van der Waals surface area contributed by atoms with E-state index in [9.17, 15) is 21.6 Å². The van der Waals surface area contributed by atoms with Crippen molar-refractivity contribution < 1.29 is 30.6 Å². The highest BCUT2D eigenvalue weighted by Crippen LogP contribution is 2.39. The number of alkyl halides is 4. The van der Waals surface area contributed by atoms with E-state index in [1.807, 2.05) is 0 Å². The summed E-state index contributed by atoms with van der Waals surface area (Å²) in [7, 11) is -4.00. The van der Waals surface area contributed by atoms with Gasteiger partial charge in [-0.25, -0.2) is 0 Å². The van der Waals surface area contributed by atoms with E-state index in [4.69, 9.17) is 20.6 Å². The van der Waals surface area contributed by atoms with Gasteiger partial charge in [-0.05, 0) is 12.1 Å². The summed E-state index contributed by atoms with van der Waals surface area (Å²) in [5, 5.41) is 3.80. The van der Waals surface area contributed by atoms with Crippen molar-refractivity contribution in [1.82, 2.24) is 0 Å². The molecule has 0 aromatic heterocycles. The second-order valence-electron chi connectivity index (χ2n) is 4.93. The van der Waals surface area contributed by atoms with Crippen LogP contribution >= 0.6 is 11.6 Å². The summed E-state index contributed by atoms with van der Waals surface area (Å²) in [5.41, 5.74) is -0.188. The smallest absolute Gasteiger partial charge is 0.387 e. The lowest BCUT2D eigenvalue weighted by Gasteiger charge is -2.16. The summed E-state index contributed by atoms with van der Waals surface area (Å²) in [4.78, 5) is 5.16. The number of nitrogens with zero attached hydrogens (tertiary/aromatic N) is 1. The molecule has 0 spiro atoms. The van der Waals surface area contributed by atoms with Gasteiger partial charge in [-0.2, -0.15) is 21.6 Å². The maximum atomic E-state index is 12.8. The molecule has 1 aromatic carbocycles. The lowest BCUT2D eigenvalue weighted by Crippen LogP contribution is -2.12. The Kier molecular flexibility index (Phi) is 5.10. The Bertz CT molecular complexity index is 718. The molecule has 2 rings (SSSR count). The molecule has 1 aliphatic heterocycles. The van der Waals surface area contributed by atoms with Crippen molar-refractivity contribution in [2.75, 3.05) is 12.1 Å². The first kappa shape index (κ1) is 17.9. The molecule has 1 aliphatic rings. The van der Waals surface area contributed by atoms with Gasteiger partial charge in [0.1, 0.15) is 5.75 Å². The van der Waals surface area contributed by atoms with E-state index in [0.29, 0.717) is 30.5 Å². The molecule has 10 heteroatoms. The van der Waals surface area contributed by atoms with Gasteiger partial charge in [-0.1, -0.05) is 11.2 Å². The summed E-state index contributed by atoms with van der Waals surface area (Å²) in [5.74, 6) is -0.0936. The minimum absolute atomic E-state index is 0.178. The molecule has 0 saturated heterocycles. The molecule has 0 aliphatic carbocycles. The molecule has 1 atom stereocenters. The summed E-state index contributed by atoms with van der Waals surface area (Å²) in [6.45, 7) is 0. The Morgan fingerprint density at radius 3 is 2.70 bits per heavy atom. The van der Waals surface area contributed by atoms with Gasteiger partial charge in [-0.15, -0.1) is 11.6 Å². The van der Waals surface area contributed by atoms with E-state index in [-0.39, 0.29) is 5.56 Å².